The van der Waals surface area contributed by atoms with Crippen molar-refractivity contribution in [3.63, 3.8) is 0 Å². The second kappa shape index (κ2) is 11.7. The SMILES string of the molecule is CCN1CCC(CCNC(=NC)N(C)Cc2cccc(F)c2)CC1.I. The first-order chi connectivity index (χ1) is 11.6. The molecule has 142 valence electrons. The summed E-state index contributed by atoms with van der Waals surface area (Å²) in [5.41, 5.74) is 0.951. The van der Waals surface area contributed by atoms with E-state index >= 15 is 0 Å². The Morgan fingerprint density at radius 1 is 1.36 bits per heavy atom. The van der Waals surface area contributed by atoms with Gasteiger partial charge >= 0.3 is 0 Å². The Hall–Kier alpha value is -0.890. The van der Waals surface area contributed by atoms with Crippen LogP contribution in [0, 0.1) is 11.7 Å². The molecule has 1 saturated heterocycles. The summed E-state index contributed by atoms with van der Waals surface area (Å²) in [6.45, 7) is 7.46. The molecule has 0 spiro atoms. The molecule has 0 amide bonds. The normalized spacial score (nSPS) is 16.4. The van der Waals surface area contributed by atoms with Crippen LogP contribution in [0.3, 0.4) is 0 Å². The summed E-state index contributed by atoms with van der Waals surface area (Å²) in [7, 11) is 3.78. The zero-order valence-corrected chi connectivity index (χ0v) is 18.0. The van der Waals surface area contributed by atoms with Gasteiger partial charge in [0.2, 0.25) is 0 Å². The van der Waals surface area contributed by atoms with Gasteiger partial charge in [-0.1, -0.05) is 19.1 Å². The average Bonchev–Trinajstić information content (AvgIpc) is 2.59. The number of rotatable bonds is 6. The van der Waals surface area contributed by atoms with Crippen LogP contribution < -0.4 is 5.32 Å². The molecule has 1 aromatic carbocycles. The van der Waals surface area contributed by atoms with E-state index in [-0.39, 0.29) is 29.8 Å². The van der Waals surface area contributed by atoms with Crippen molar-refractivity contribution in [2.45, 2.75) is 32.7 Å². The first-order valence-electron chi connectivity index (χ1n) is 9.01. The third kappa shape index (κ3) is 7.48. The predicted octanol–water partition coefficient (Wildman–Crippen LogP) is 3.57. The predicted molar refractivity (Wildman–Crippen MR) is 114 cm³/mol. The Morgan fingerprint density at radius 3 is 2.68 bits per heavy atom. The lowest BCUT2D eigenvalue weighted by Crippen LogP contribution is -2.40. The van der Waals surface area contributed by atoms with Crippen molar-refractivity contribution < 1.29 is 4.39 Å². The molecule has 4 nitrogen and oxygen atoms in total. The summed E-state index contributed by atoms with van der Waals surface area (Å²) >= 11 is 0. The van der Waals surface area contributed by atoms with Gasteiger partial charge in [-0.15, -0.1) is 24.0 Å². The fourth-order valence-electron chi connectivity index (χ4n) is 3.35. The molecular weight excluding hydrogens is 430 g/mol. The molecule has 0 unspecified atom stereocenters. The fraction of sp³-hybridized carbons (Fsp3) is 0.632. The molecule has 0 aliphatic carbocycles. The van der Waals surface area contributed by atoms with Crippen LogP contribution >= 0.6 is 24.0 Å². The van der Waals surface area contributed by atoms with Crippen molar-refractivity contribution in [1.82, 2.24) is 15.1 Å². The average molecular weight is 462 g/mol. The number of halogens is 2. The number of nitrogens with one attached hydrogen (secondary N) is 1. The zero-order valence-electron chi connectivity index (χ0n) is 15.7. The lowest BCUT2D eigenvalue weighted by molar-refractivity contribution is 0.187. The Morgan fingerprint density at radius 2 is 2.08 bits per heavy atom. The van der Waals surface area contributed by atoms with Gasteiger partial charge in [0.15, 0.2) is 5.96 Å². The molecule has 1 N–H and O–H groups in total. The lowest BCUT2D eigenvalue weighted by Gasteiger charge is -2.31. The second-order valence-electron chi connectivity index (χ2n) is 6.63. The highest BCUT2D eigenvalue weighted by Gasteiger charge is 2.17. The van der Waals surface area contributed by atoms with E-state index in [0.717, 1.165) is 24.0 Å². The van der Waals surface area contributed by atoms with Crippen LogP contribution in [-0.2, 0) is 6.54 Å². The van der Waals surface area contributed by atoms with E-state index in [2.05, 4.69) is 22.1 Å². The van der Waals surface area contributed by atoms with Crippen molar-refractivity contribution in [3.8, 4) is 0 Å². The lowest BCUT2D eigenvalue weighted by atomic mass is 9.93. The summed E-state index contributed by atoms with van der Waals surface area (Å²) in [6, 6.07) is 6.73. The Balaban J connectivity index is 0.00000312. The van der Waals surface area contributed by atoms with Crippen LogP contribution in [0.2, 0.25) is 0 Å². The van der Waals surface area contributed by atoms with E-state index in [1.807, 2.05) is 18.0 Å². The Bertz CT molecular complexity index is 530. The van der Waals surface area contributed by atoms with Gasteiger partial charge in [-0.05, 0) is 62.5 Å². The number of likely N-dealkylation sites (tertiary alicyclic amines) is 1. The van der Waals surface area contributed by atoms with Crippen molar-refractivity contribution in [3.05, 3.63) is 35.6 Å². The Kier molecular flexibility index (Phi) is 10.3. The summed E-state index contributed by atoms with van der Waals surface area (Å²) < 4.78 is 13.3. The van der Waals surface area contributed by atoms with Crippen LogP contribution in [0.5, 0.6) is 0 Å². The summed E-state index contributed by atoms with van der Waals surface area (Å²) in [6.07, 6.45) is 3.78. The maximum absolute atomic E-state index is 13.3. The molecule has 2 rings (SSSR count). The third-order valence-corrected chi connectivity index (χ3v) is 4.87. The molecule has 0 radical (unpaired) electrons. The number of hydrogen-bond acceptors (Lipinski definition) is 2. The molecule has 1 aliphatic heterocycles. The van der Waals surface area contributed by atoms with Crippen LogP contribution in [0.25, 0.3) is 0 Å². The molecule has 1 aliphatic rings. The highest BCUT2D eigenvalue weighted by atomic mass is 127. The number of benzene rings is 1. The van der Waals surface area contributed by atoms with Crippen molar-refractivity contribution in [2.75, 3.05) is 40.3 Å². The van der Waals surface area contributed by atoms with Crippen LogP contribution in [0.4, 0.5) is 4.39 Å². The molecule has 6 heteroatoms. The standard InChI is InChI=1S/C19H31FN4.HI/c1-4-24-12-9-16(10-13-24)8-11-22-19(21-2)23(3)15-17-6-5-7-18(20)14-17;/h5-7,14,16H,4,8-13,15H2,1-3H3,(H,21,22);1H. The van der Waals surface area contributed by atoms with Gasteiger partial charge in [0.25, 0.3) is 0 Å². The minimum absolute atomic E-state index is 0. The molecule has 1 heterocycles. The van der Waals surface area contributed by atoms with E-state index in [1.54, 1.807) is 19.2 Å². The van der Waals surface area contributed by atoms with Gasteiger partial charge in [0.1, 0.15) is 5.82 Å². The highest BCUT2D eigenvalue weighted by Crippen LogP contribution is 2.19. The van der Waals surface area contributed by atoms with Gasteiger partial charge in [-0.25, -0.2) is 4.39 Å². The number of hydrogen-bond donors (Lipinski definition) is 1. The van der Waals surface area contributed by atoms with Crippen LogP contribution in [-0.4, -0.2) is 56.0 Å². The number of aliphatic imine (C=N–C) groups is 1. The van der Waals surface area contributed by atoms with Crippen LogP contribution in [0.1, 0.15) is 31.7 Å². The van der Waals surface area contributed by atoms with Gasteiger partial charge in [0.05, 0.1) is 0 Å². The quantitative estimate of drug-likeness (QED) is 0.399. The monoisotopic (exact) mass is 462 g/mol. The van der Waals surface area contributed by atoms with E-state index in [9.17, 15) is 4.39 Å². The number of piperidine rings is 1. The summed E-state index contributed by atoms with van der Waals surface area (Å²) in [4.78, 5) is 8.90. The number of nitrogens with zero attached hydrogens (tertiary/aromatic N) is 3. The Labute approximate surface area is 168 Å². The summed E-state index contributed by atoms with van der Waals surface area (Å²) in [5, 5.41) is 3.45. The van der Waals surface area contributed by atoms with E-state index in [0.29, 0.717) is 6.54 Å². The molecule has 0 bridgehead atoms. The molecular formula is C19H32FIN4. The maximum atomic E-state index is 13.3. The number of guanidine groups is 1. The van der Waals surface area contributed by atoms with Crippen LogP contribution in [0.15, 0.2) is 29.3 Å². The van der Waals surface area contributed by atoms with E-state index in [4.69, 9.17) is 0 Å². The van der Waals surface area contributed by atoms with Gasteiger partial charge in [-0.2, -0.15) is 0 Å². The topological polar surface area (TPSA) is 30.9 Å². The highest BCUT2D eigenvalue weighted by molar-refractivity contribution is 14.0. The third-order valence-electron chi connectivity index (χ3n) is 4.87. The maximum Gasteiger partial charge on any atom is 0.193 e. The second-order valence-corrected chi connectivity index (χ2v) is 6.63. The van der Waals surface area contributed by atoms with Crippen molar-refractivity contribution in [1.29, 1.82) is 0 Å². The van der Waals surface area contributed by atoms with Crippen molar-refractivity contribution >= 4 is 29.9 Å². The van der Waals surface area contributed by atoms with E-state index < -0.39 is 0 Å². The minimum Gasteiger partial charge on any atom is -0.356 e. The molecule has 1 fully saturated rings. The summed E-state index contributed by atoms with van der Waals surface area (Å²) in [5.74, 6) is 1.49. The van der Waals surface area contributed by atoms with Gasteiger partial charge < -0.3 is 15.1 Å². The van der Waals surface area contributed by atoms with Gasteiger partial charge in [0, 0.05) is 27.2 Å². The molecule has 0 atom stereocenters. The first kappa shape index (κ1) is 22.2. The van der Waals surface area contributed by atoms with Gasteiger partial charge in [-0.3, -0.25) is 4.99 Å². The smallest absolute Gasteiger partial charge is 0.193 e. The van der Waals surface area contributed by atoms with E-state index in [1.165, 1.54) is 45.0 Å². The van der Waals surface area contributed by atoms with Crippen molar-refractivity contribution in [2.24, 2.45) is 10.9 Å². The molecule has 0 aromatic heterocycles. The largest absolute Gasteiger partial charge is 0.356 e. The first-order valence-corrected chi connectivity index (χ1v) is 9.01. The zero-order chi connectivity index (χ0) is 17.4. The molecule has 0 saturated carbocycles. The molecule has 1 aromatic rings. The minimum atomic E-state index is -0.192. The molecule has 25 heavy (non-hydrogen) atoms. The fourth-order valence-corrected chi connectivity index (χ4v) is 3.35.